The van der Waals surface area contributed by atoms with Crippen molar-refractivity contribution in [2.45, 2.75) is 20.3 Å². The third-order valence-corrected chi connectivity index (χ3v) is 2.31. The molecule has 0 aliphatic heterocycles. The summed E-state index contributed by atoms with van der Waals surface area (Å²) in [6.45, 7) is 3.78. The molecular formula is C11H13BrN2O. The molecule has 1 rings (SSSR count). The smallest absolute Gasteiger partial charge is 0.252 e. The molecule has 1 aromatic heterocycles. The molecule has 0 aliphatic rings. The first-order valence-corrected chi connectivity index (χ1v) is 5.52. The van der Waals surface area contributed by atoms with Gasteiger partial charge in [-0.15, -0.1) is 0 Å². The van der Waals surface area contributed by atoms with Crippen LogP contribution in [0, 0.1) is 0 Å². The Labute approximate surface area is 97.7 Å². The predicted octanol–water partition coefficient (Wildman–Crippen LogP) is 3.14. The van der Waals surface area contributed by atoms with E-state index in [1.807, 2.05) is 19.1 Å². The zero-order valence-electron chi connectivity index (χ0n) is 8.75. The molecule has 0 aromatic carbocycles. The van der Waals surface area contributed by atoms with Crippen LogP contribution in [0.2, 0.25) is 0 Å². The van der Waals surface area contributed by atoms with Crippen molar-refractivity contribution in [1.82, 2.24) is 4.98 Å². The Morgan fingerprint density at radius 1 is 1.60 bits per heavy atom. The van der Waals surface area contributed by atoms with Gasteiger partial charge in [-0.05, 0) is 41.4 Å². The topological polar surface area (TPSA) is 42.0 Å². The van der Waals surface area contributed by atoms with Crippen LogP contribution in [0.4, 0.5) is 5.82 Å². The standard InChI is InChI=1S/C11H13BrN2O/c1-3-4-8(2)11(15)14-10-6-5-9(12)7-13-10/h4-7H,3H2,1-2H3,(H,13,14,15)/b8-4-. The summed E-state index contributed by atoms with van der Waals surface area (Å²) in [5.41, 5.74) is 0.710. The number of nitrogens with one attached hydrogen (secondary N) is 1. The van der Waals surface area contributed by atoms with E-state index in [9.17, 15) is 4.79 Å². The number of rotatable bonds is 3. The number of hydrogen-bond donors (Lipinski definition) is 1. The Morgan fingerprint density at radius 2 is 2.33 bits per heavy atom. The third-order valence-electron chi connectivity index (χ3n) is 1.84. The Hall–Kier alpha value is -1.16. The van der Waals surface area contributed by atoms with E-state index in [0.29, 0.717) is 11.4 Å². The van der Waals surface area contributed by atoms with Crippen molar-refractivity contribution in [3.8, 4) is 0 Å². The number of anilines is 1. The zero-order chi connectivity index (χ0) is 11.3. The number of carbonyl (C=O) groups is 1. The largest absolute Gasteiger partial charge is 0.307 e. The van der Waals surface area contributed by atoms with Gasteiger partial charge in [0, 0.05) is 16.2 Å². The Bertz CT molecular complexity index is 371. The predicted molar refractivity (Wildman–Crippen MR) is 64.6 cm³/mol. The lowest BCUT2D eigenvalue weighted by Gasteiger charge is -2.03. The van der Waals surface area contributed by atoms with Crippen LogP contribution in [0.1, 0.15) is 20.3 Å². The van der Waals surface area contributed by atoms with Crippen molar-refractivity contribution in [2.75, 3.05) is 5.32 Å². The maximum atomic E-state index is 11.6. The number of amides is 1. The van der Waals surface area contributed by atoms with Crippen LogP contribution in [0.3, 0.4) is 0 Å². The summed E-state index contributed by atoms with van der Waals surface area (Å²) in [7, 11) is 0. The highest BCUT2D eigenvalue weighted by molar-refractivity contribution is 9.10. The van der Waals surface area contributed by atoms with Crippen molar-refractivity contribution in [1.29, 1.82) is 0 Å². The van der Waals surface area contributed by atoms with E-state index in [1.54, 1.807) is 19.2 Å². The van der Waals surface area contributed by atoms with Crippen LogP contribution in [-0.4, -0.2) is 10.9 Å². The summed E-state index contributed by atoms with van der Waals surface area (Å²) >= 11 is 3.28. The van der Waals surface area contributed by atoms with E-state index in [-0.39, 0.29) is 5.91 Å². The molecule has 0 saturated heterocycles. The van der Waals surface area contributed by atoms with Crippen molar-refractivity contribution in [2.24, 2.45) is 0 Å². The fraction of sp³-hybridized carbons (Fsp3) is 0.273. The minimum absolute atomic E-state index is 0.105. The van der Waals surface area contributed by atoms with Crippen molar-refractivity contribution < 1.29 is 4.79 Å². The van der Waals surface area contributed by atoms with E-state index < -0.39 is 0 Å². The second-order valence-corrected chi connectivity index (χ2v) is 4.03. The van der Waals surface area contributed by atoms with Crippen molar-refractivity contribution >= 4 is 27.7 Å². The minimum Gasteiger partial charge on any atom is -0.307 e. The average molecular weight is 269 g/mol. The van der Waals surface area contributed by atoms with E-state index >= 15 is 0 Å². The molecule has 1 aromatic rings. The maximum Gasteiger partial charge on any atom is 0.252 e. The normalized spacial score (nSPS) is 11.3. The third kappa shape index (κ3) is 3.83. The zero-order valence-corrected chi connectivity index (χ0v) is 10.3. The van der Waals surface area contributed by atoms with Crippen LogP contribution < -0.4 is 5.32 Å². The van der Waals surface area contributed by atoms with Gasteiger partial charge in [0.05, 0.1) is 0 Å². The molecule has 0 atom stereocenters. The maximum absolute atomic E-state index is 11.6. The molecule has 80 valence electrons. The van der Waals surface area contributed by atoms with Gasteiger partial charge < -0.3 is 5.32 Å². The van der Waals surface area contributed by atoms with Crippen LogP contribution >= 0.6 is 15.9 Å². The molecule has 1 amide bonds. The lowest BCUT2D eigenvalue weighted by Crippen LogP contribution is -2.13. The van der Waals surface area contributed by atoms with Gasteiger partial charge in [-0.1, -0.05) is 13.0 Å². The van der Waals surface area contributed by atoms with Crippen LogP contribution in [-0.2, 0) is 4.79 Å². The number of hydrogen-bond acceptors (Lipinski definition) is 2. The molecule has 0 aliphatic carbocycles. The highest BCUT2D eigenvalue weighted by Gasteiger charge is 2.04. The molecule has 15 heavy (non-hydrogen) atoms. The van der Waals surface area contributed by atoms with Crippen molar-refractivity contribution in [3.05, 3.63) is 34.5 Å². The summed E-state index contributed by atoms with van der Waals surface area (Å²) in [6, 6.07) is 3.59. The van der Waals surface area contributed by atoms with Gasteiger partial charge in [0.2, 0.25) is 0 Å². The Balaban J connectivity index is 2.66. The van der Waals surface area contributed by atoms with E-state index in [4.69, 9.17) is 0 Å². The molecule has 4 heteroatoms. The first kappa shape index (κ1) is 11.9. The van der Waals surface area contributed by atoms with E-state index in [0.717, 1.165) is 10.9 Å². The van der Waals surface area contributed by atoms with Gasteiger partial charge in [0.25, 0.3) is 5.91 Å². The van der Waals surface area contributed by atoms with Gasteiger partial charge in [0.15, 0.2) is 0 Å². The fourth-order valence-corrected chi connectivity index (χ4v) is 1.30. The molecule has 0 spiro atoms. The summed E-state index contributed by atoms with van der Waals surface area (Å²) in [5, 5.41) is 2.71. The molecule has 3 nitrogen and oxygen atoms in total. The summed E-state index contributed by atoms with van der Waals surface area (Å²) < 4.78 is 0.890. The lowest BCUT2D eigenvalue weighted by atomic mass is 10.2. The Morgan fingerprint density at radius 3 is 2.87 bits per heavy atom. The molecule has 0 bridgehead atoms. The average Bonchev–Trinajstić information content (AvgIpc) is 2.22. The molecular weight excluding hydrogens is 256 g/mol. The number of pyridine rings is 1. The lowest BCUT2D eigenvalue weighted by molar-refractivity contribution is -0.112. The second-order valence-electron chi connectivity index (χ2n) is 3.11. The van der Waals surface area contributed by atoms with Gasteiger partial charge in [0.1, 0.15) is 5.82 Å². The number of carbonyl (C=O) groups excluding carboxylic acids is 1. The van der Waals surface area contributed by atoms with Gasteiger partial charge >= 0.3 is 0 Å². The molecule has 1 N–H and O–H groups in total. The first-order valence-electron chi connectivity index (χ1n) is 4.73. The monoisotopic (exact) mass is 268 g/mol. The summed E-state index contributed by atoms with van der Waals surface area (Å²) in [5.74, 6) is 0.457. The fourth-order valence-electron chi connectivity index (χ4n) is 1.06. The Kier molecular flexibility index (Phi) is 4.49. The number of allylic oxidation sites excluding steroid dienone is 1. The number of nitrogens with zero attached hydrogens (tertiary/aromatic N) is 1. The molecule has 0 unspecified atom stereocenters. The number of aromatic nitrogens is 1. The minimum atomic E-state index is -0.105. The van der Waals surface area contributed by atoms with Gasteiger partial charge in [-0.25, -0.2) is 4.98 Å². The first-order chi connectivity index (χ1) is 7.13. The highest BCUT2D eigenvalue weighted by atomic mass is 79.9. The summed E-state index contributed by atoms with van der Waals surface area (Å²) in [6.07, 6.45) is 4.38. The SMILES string of the molecule is CC/C=C(/C)C(=O)Nc1ccc(Br)cn1. The van der Waals surface area contributed by atoms with Crippen molar-refractivity contribution in [3.63, 3.8) is 0 Å². The summed E-state index contributed by atoms with van der Waals surface area (Å²) in [4.78, 5) is 15.6. The van der Waals surface area contributed by atoms with E-state index in [1.165, 1.54) is 0 Å². The highest BCUT2D eigenvalue weighted by Crippen LogP contribution is 2.11. The molecule has 1 heterocycles. The van der Waals surface area contributed by atoms with Gasteiger partial charge in [-0.3, -0.25) is 4.79 Å². The van der Waals surface area contributed by atoms with Crippen LogP contribution in [0.5, 0.6) is 0 Å². The van der Waals surface area contributed by atoms with Crippen LogP contribution in [0.25, 0.3) is 0 Å². The van der Waals surface area contributed by atoms with Gasteiger partial charge in [-0.2, -0.15) is 0 Å². The number of halogens is 1. The molecule has 0 fully saturated rings. The van der Waals surface area contributed by atoms with Crippen LogP contribution in [0.15, 0.2) is 34.5 Å². The van der Waals surface area contributed by atoms with E-state index in [2.05, 4.69) is 26.2 Å². The molecule has 0 radical (unpaired) electrons. The second kappa shape index (κ2) is 5.66. The quantitative estimate of drug-likeness (QED) is 0.856. The molecule has 0 saturated carbocycles.